The molecule has 0 atom stereocenters. The fourth-order valence-corrected chi connectivity index (χ4v) is 2.95. The molecule has 1 N–H and O–H groups in total. The first kappa shape index (κ1) is 16.2. The Morgan fingerprint density at radius 1 is 1.04 bits per heavy atom. The van der Waals surface area contributed by atoms with E-state index in [-0.39, 0.29) is 5.91 Å². The Bertz CT molecular complexity index is 820. The molecule has 0 aliphatic rings. The molecule has 3 aromatic rings. The molecule has 0 unspecified atom stereocenters. The van der Waals surface area contributed by atoms with Crippen molar-refractivity contribution in [3.63, 3.8) is 0 Å². The van der Waals surface area contributed by atoms with E-state index in [1.807, 2.05) is 55.5 Å². The van der Waals surface area contributed by atoms with Gasteiger partial charge < -0.3 is 5.32 Å². The minimum absolute atomic E-state index is 0.105. The van der Waals surface area contributed by atoms with Crippen molar-refractivity contribution in [3.05, 3.63) is 83.7 Å². The third-order valence-corrected chi connectivity index (χ3v) is 4.35. The van der Waals surface area contributed by atoms with Gasteiger partial charge in [-0.15, -0.1) is 0 Å². The second kappa shape index (κ2) is 7.75. The Morgan fingerprint density at radius 2 is 1.79 bits per heavy atom. The predicted molar refractivity (Wildman–Crippen MR) is 97.2 cm³/mol. The Morgan fingerprint density at radius 3 is 2.50 bits per heavy atom. The topological polar surface area (TPSA) is 54.9 Å². The number of hydrogen-bond acceptors (Lipinski definition) is 4. The van der Waals surface area contributed by atoms with E-state index in [0.717, 1.165) is 27.7 Å². The Hall–Kier alpha value is -2.66. The van der Waals surface area contributed by atoms with Gasteiger partial charge in [-0.25, -0.2) is 9.97 Å². The van der Waals surface area contributed by atoms with Crippen LogP contribution in [0.15, 0.2) is 72.1 Å². The highest BCUT2D eigenvalue weighted by Gasteiger charge is 2.06. The second-order valence-corrected chi connectivity index (χ2v) is 6.28. The minimum atomic E-state index is -0.105. The number of thioether (sulfide) groups is 1. The van der Waals surface area contributed by atoms with Gasteiger partial charge in [-0.05, 0) is 48.4 Å². The molecule has 120 valence electrons. The molecular formula is C19H17N3OS. The maximum Gasteiger partial charge on any atom is 0.255 e. The molecule has 2 aromatic carbocycles. The molecule has 0 saturated carbocycles. The average molecular weight is 335 g/mol. The number of amides is 1. The highest BCUT2D eigenvalue weighted by atomic mass is 32.2. The summed E-state index contributed by atoms with van der Waals surface area (Å²) in [5.74, 6) is 0.662. The van der Waals surface area contributed by atoms with Crippen molar-refractivity contribution < 1.29 is 4.79 Å². The van der Waals surface area contributed by atoms with Crippen molar-refractivity contribution in [1.82, 2.24) is 9.97 Å². The van der Waals surface area contributed by atoms with Crippen LogP contribution in [0.4, 0.5) is 5.69 Å². The quantitative estimate of drug-likeness (QED) is 0.557. The van der Waals surface area contributed by atoms with Crippen LogP contribution >= 0.6 is 11.8 Å². The first-order chi connectivity index (χ1) is 11.7. The number of carbonyl (C=O) groups is 1. The van der Waals surface area contributed by atoms with Crippen LogP contribution in [-0.4, -0.2) is 15.9 Å². The Kier molecular flexibility index (Phi) is 5.23. The molecule has 0 fully saturated rings. The summed E-state index contributed by atoms with van der Waals surface area (Å²) in [5, 5.41) is 3.66. The lowest BCUT2D eigenvalue weighted by atomic mass is 10.1. The molecule has 4 nitrogen and oxygen atoms in total. The maximum absolute atomic E-state index is 12.3. The van der Waals surface area contributed by atoms with E-state index < -0.39 is 0 Å². The molecular weight excluding hydrogens is 318 g/mol. The lowest BCUT2D eigenvalue weighted by Gasteiger charge is -2.07. The van der Waals surface area contributed by atoms with Crippen LogP contribution in [0.1, 0.15) is 21.5 Å². The summed E-state index contributed by atoms with van der Waals surface area (Å²) >= 11 is 1.57. The van der Waals surface area contributed by atoms with E-state index in [9.17, 15) is 4.79 Å². The van der Waals surface area contributed by atoms with Crippen molar-refractivity contribution in [3.8, 4) is 0 Å². The summed E-state index contributed by atoms with van der Waals surface area (Å²) in [6.07, 6.45) is 3.46. The Balaban J connectivity index is 1.60. The summed E-state index contributed by atoms with van der Waals surface area (Å²) in [5.41, 5.74) is 3.69. The fourth-order valence-electron chi connectivity index (χ4n) is 2.19. The molecule has 0 saturated heterocycles. The normalized spacial score (nSPS) is 10.4. The van der Waals surface area contributed by atoms with Crippen LogP contribution in [0.3, 0.4) is 0 Å². The van der Waals surface area contributed by atoms with Crippen molar-refractivity contribution in [1.29, 1.82) is 0 Å². The second-order valence-electron chi connectivity index (χ2n) is 5.34. The molecule has 5 heteroatoms. The monoisotopic (exact) mass is 335 g/mol. The third-order valence-electron chi connectivity index (χ3n) is 3.40. The van der Waals surface area contributed by atoms with E-state index in [1.54, 1.807) is 30.2 Å². The van der Waals surface area contributed by atoms with Crippen LogP contribution in [0.2, 0.25) is 0 Å². The highest BCUT2D eigenvalue weighted by Crippen LogP contribution is 2.19. The van der Waals surface area contributed by atoms with Gasteiger partial charge in [0.05, 0.1) is 0 Å². The molecule has 3 rings (SSSR count). The van der Waals surface area contributed by atoms with Gasteiger partial charge in [0.2, 0.25) is 0 Å². The number of hydrogen-bond donors (Lipinski definition) is 1. The predicted octanol–water partition coefficient (Wildman–Crippen LogP) is 4.33. The SMILES string of the molecule is Cc1cccc(NC(=O)c2ccc(CSc3ncccn3)cc2)c1. The zero-order valence-corrected chi connectivity index (χ0v) is 14.1. The zero-order chi connectivity index (χ0) is 16.8. The summed E-state index contributed by atoms with van der Waals surface area (Å²) < 4.78 is 0. The van der Waals surface area contributed by atoms with Crippen molar-refractivity contribution >= 4 is 23.4 Å². The lowest BCUT2D eigenvalue weighted by Crippen LogP contribution is -2.11. The number of benzene rings is 2. The van der Waals surface area contributed by atoms with Gasteiger partial charge in [-0.1, -0.05) is 36.0 Å². The molecule has 1 aromatic heterocycles. The minimum Gasteiger partial charge on any atom is -0.322 e. The number of carbonyl (C=O) groups excluding carboxylic acids is 1. The number of anilines is 1. The van der Waals surface area contributed by atoms with Gasteiger partial charge in [0, 0.05) is 29.4 Å². The average Bonchev–Trinajstić information content (AvgIpc) is 2.61. The fraction of sp³-hybridized carbons (Fsp3) is 0.105. The third kappa shape index (κ3) is 4.43. The summed E-state index contributed by atoms with van der Waals surface area (Å²) in [6, 6.07) is 17.2. The molecule has 0 aliphatic carbocycles. The largest absolute Gasteiger partial charge is 0.322 e. The van der Waals surface area contributed by atoms with Crippen molar-refractivity contribution in [2.45, 2.75) is 17.8 Å². The standard InChI is InChI=1S/C19H17N3OS/c1-14-4-2-5-17(12-14)22-18(23)16-8-6-15(7-9-16)13-24-19-20-10-3-11-21-19/h2-12H,13H2,1H3,(H,22,23). The number of nitrogens with one attached hydrogen (secondary N) is 1. The summed E-state index contributed by atoms with van der Waals surface area (Å²) in [7, 11) is 0. The lowest BCUT2D eigenvalue weighted by molar-refractivity contribution is 0.102. The van der Waals surface area contributed by atoms with Crippen molar-refractivity contribution in [2.75, 3.05) is 5.32 Å². The Labute approximate surface area is 145 Å². The van der Waals surface area contributed by atoms with Crippen LogP contribution in [0.25, 0.3) is 0 Å². The van der Waals surface area contributed by atoms with Crippen molar-refractivity contribution in [2.24, 2.45) is 0 Å². The number of rotatable bonds is 5. The van der Waals surface area contributed by atoms with Gasteiger partial charge in [-0.2, -0.15) is 0 Å². The molecule has 24 heavy (non-hydrogen) atoms. The van der Waals surface area contributed by atoms with E-state index in [4.69, 9.17) is 0 Å². The number of nitrogens with zero attached hydrogens (tertiary/aromatic N) is 2. The first-order valence-electron chi connectivity index (χ1n) is 7.57. The molecule has 0 aliphatic heterocycles. The molecule has 0 bridgehead atoms. The molecule has 1 heterocycles. The number of aryl methyl sites for hydroxylation is 1. The summed E-state index contributed by atoms with van der Waals surface area (Å²) in [6.45, 7) is 2.00. The van der Waals surface area contributed by atoms with E-state index in [2.05, 4.69) is 15.3 Å². The van der Waals surface area contributed by atoms with Gasteiger partial charge in [0.15, 0.2) is 5.16 Å². The molecule has 1 amide bonds. The molecule has 0 spiro atoms. The van der Waals surface area contributed by atoms with E-state index in [0.29, 0.717) is 5.56 Å². The summed E-state index contributed by atoms with van der Waals surface area (Å²) in [4.78, 5) is 20.6. The van der Waals surface area contributed by atoms with E-state index in [1.165, 1.54) is 0 Å². The zero-order valence-electron chi connectivity index (χ0n) is 13.3. The molecule has 0 radical (unpaired) electrons. The van der Waals surface area contributed by atoms with E-state index >= 15 is 0 Å². The van der Waals surface area contributed by atoms with Crippen LogP contribution in [-0.2, 0) is 5.75 Å². The van der Waals surface area contributed by atoms with Gasteiger partial charge >= 0.3 is 0 Å². The highest BCUT2D eigenvalue weighted by molar-refractivity contribution is 7.98. The van der Waals surface area contributed by atoms with Crippen LogP contribution < -0.4 is 5.32 Å². The maximum atomic E-state index is 12.3. The number of aromatic nitrogens is 2. The van der Waals surface area contributed by atoms with Gasteiger partial charge in [0.1, 0.15) is 0 Å². The van der Waals surface area contributed by atoms with Crippen LogP contribution in [0.5, 0.6) is 0 Å². The van der Waals surface area contributed by atoms with Gasteiger partial charge in [0.25, 0.3) is 5.91 Å². The van der Waals surface area contributed by atoms with Gasteiger partial charge in [-0.3, -0.25) is 4.79 Å². The smallest absolute Gasteiger partial charge is 0.255 e. The van der Waals surface area contributed by atoms with Crippen LogP contribution in [0, 0.1) is 6.92 Å². The first-order valence-corrected chi connectivity index (χ1v) is 8.56.